The van der Waals surface area contributed by atoms with Gasteiger partial charge in [0.05, 0.1) is 11.6 Å². The first-order chi connectivity index (χ1) is 8.91. The van der Waals surface area contributed by atoms with E-state index >= 15 is 0 Å². The molecule has 1 heterocycles. The molecule has 1 aliphatic heterocycles. The summed E-state index contributed by atoms with van der Waals surface area (Å²) in [7, 11) is 0. The molecular weight excluding hydrogens is 260 g/mol. The lowest BCUT2D eigenvalue weighted by atomic mass is 9.98. The van der Waals surface area contributed by atoms with Crippen molar-refractivity contribution in [2.75, 3.05) is 0 Å². The summed E-state index contributed by atoms with van der Waals surface area (Å²) in [5.74, 6) is -0.762. The Labute approximate surface area is 106 Å². The van der Waals surface area contributed by atoms with Gasteiger partial charge in [0.1, 0.15) is 11.9 Å². The molecule has 1 unspecified atom stereocenters. The van der Waals surface area contributed by atoms with Crippen LogP contribution in [0.4, 0.5) is 17.6 Å². The van der Waals surface area contributed by atoms with E-state index in [1.165, 1.54) is 18.4 Å². The number of nitrogens with one attached hydrogen (secondary N) is 1. The van der Waals surface area contributed by atoms with Gasteiger partial charge in [-0.05, 0) is 42.1 Å². The predicted molar refractivity (Wildman–Crippen MR) is 61.1 cm³/mol. The molecule has 2 rings (SSSR count). The van der Waals surface area contributed by atoms with Crippen molar-refractivity contribution in [3.63, 3.8) is 0 Å². The zero-order valence-electron chi connectivity index (χ0n) is 9.50. The van der Waals surface area contributed by atoms with E-state index < -0.39 is 23.6 Å². The van der Waals surface area contributed by atoms with E-state index in [4.69, 9.17) is 5.26 Å². The fourth-order valence-electron chi connectivity index (χ4n) is 1.70. The quantitative estimate of drug-likeness (QED) is 0.794. The molecule has 1 atom stereocenters. The highest BCUT2D eigenvalue weighted by Gasteiger charge is 2.31. The van der Waals surface area contributed by atoms with Crippen LogP contribution in [-0.2, 0) is 6.18 Å². The third-order valence-corrected chi connectivity index (χ3v) is 2.63. The summed E-state index contributed by atoms with van der Waals surface area (Å²) in [4.78, 5) is 0. The maximum atomic E-state index is 13.6. The number of allylic oxidation sites excluding steroid dienone is 2. The fourth-order valence-corrected chi connectivity index (χ4v) is 1.70. The van der Waals surface area contributed by atoms with E-state index in [0.29, 0.717) is 6.07 Å². The molecule has 0 aromatic heterocycles. The van der Waals surface area contributed by atoms with Gasteiger partial charge in [-0.3, -0.25) is 0 Å². The van der Waals surface area contributed by atoms with Crippen molar-refractivity contribution in [2.24, 2.45) is 0 Å². The molecule has 0 fully saturated rings. The third-order valence-electron chi connectivity index (χ3n) is 2.63. The van der Waals surface area contributed by atoms with Crippen LogP contribution >= 0.6 is 0 Å². The van der Waals surface area contributed by atoms with Crippen molar-refractivity contribution in [1.29, 1.82) is 5.26 Å². The monoisotopic (exact) mass is 268 g/mol. The summed E-state index contributed by atoms with van der Waals surface area (Å²) < 4.78 is 51.4. The minimum absolute atomic E-state index is 0.173. The Morgan fingerprint density at radius 2 is 2.00 bits per heavy atom. The molecule has 0 amide bonds. The fraction of sp³-hybridized carbons (Fsp3) is 0.154. The molecule has 2 nitrogen and oxygen atoms in total. The van der Waals surface area contributed by atoms with E-state index in [-0.39, 0.29) is 11.1 Å². The summed E-state index contributed by atoms with van der Waals surface area (Å²) in [5.41, 5.74) is -0.855. The van der Waals surface area contributed by atoms with Gasteiger partial charge in [0, 0.05) is 5.56 Å². The van der Waals surface area contributed by atoms with Crippen molar-refractivity contribution in [1.82, 2.24) is 5.32 Å². The predicted octanol–water partition coefficient (Wildman–Crippen LogP) is 3.24. The minimum atomic E-state index is -4.53. The summed E-state index contributed by atoms with van der Waals surface area (Å²) >= 11 is 0. The van der Waals surface area contributed by atoms with Crippen molar-refractivity contribution in [3.8, 4) is 6.07 Å². The number of benzene rings is 1. The SMILES string of the molecule is N#CC1C=C(c2cc(C(F)(F)F)ccc2F)C=CN1. The van der Waals surface area contributed by atoms with Gasteiger partial charge in [0.15, 0.2) is 0 Å². The van der Waals surface area contributed by atoms with E-state index in [1.807, 2.05) is 6.07 Å². The van der Waals surface area contributed by atoms with Crippen LogP contribution in [0.3, 0.4) is 0 Å². The summed E-state index contributed by atoms with van der Waals surface area (Å²) in [6, 6.07) is 3.40. The molecule has 0 aliphatic carbocycles. The molecule has 19 heavy (non-hydrogen) atoms. The number of nitrogens with zero attached hydrogens (tertiary/aromatic N) is 1. The highest BCUT2D eigenvalue weighted by atomic mass is 19.4. The van der Waals surface area contributed by atoms with E-state index in [1.54, 1.807) is 0 Å². The second-order valence-electron chi connectivity index (χ2n) is 3.92. The van der Waals surface area contributed by atoms with E-state index in [9.17, 15) is 17.6 Å². The molecule has 98 valence electrons. The summed E-state index contributed by atoms with van der Waals surface area (Å²) in [6.45, 7) is 0. The van der Waals surface area contributed by atoms with Crippen molar-refractivity contribution >= 4 is 5.57 Å². The Bertz CT molecular complexity index is 594. The number of dihydropyridines is 1. The first-order valence-electron chi connectivity index (χ1n) is 5.33. The van der Waals surface area contributed by atoms with Crippen molar-refractivity contribution in [2.45, 2.75) is 12.2 Å². The van der Waals surface area contributed by atoms with Crippen LogP contribution in [-0.4, -0.2) is 6.04 Å². The average molecular weight is 268 g/mol. The smallest absolute Gasteiger partial charge is 0.373 e. The third kappa shape index (κ3) is 2.76. The lowest BCUT2D eigenvalue weighted by Gasteiger charge is -2.15. The van der Waals surface area contributed by atoms with Gasteiger partial charge in [-0.1, -0.05) is 0 Å². The maximum absolute atomic E-state index is 13.6. The zero-order chi connectivity index (χ0) is 14.0. The van der Waals surface area contributed by atoms with Gasteiger partial charge in [-0.25, -0.2) is 4.39 Å². The van der Waals surface area contributed by atoms with Gasteiger partial charge in [0.2, 0.25) is 0 Å². The number of halogens is 4. The lowest BCUT2D eigenvalue weighted by molar-refractivity contribution is -0.137. The number of nitriles is 1. The van der Waals surface area contributed by atoms with Crippen LogP contribution in [0.25, 0.3) is 5.57 Å². The van der Waals surface area contributed by atoms with E-state index in [0.717, 1.165) is 12.1 Å². The topological polar surface area (TPSA) is 35.8 Å². The molecule has 6 heteroatoms. The van der Waals surface area contributed by atoms with Gasteiger partial charge in [-0.15, -0.1) is 0 Å². The Balaban J connectivity index is 2.48. The molecule has 0 radical (unpaired) electrons. The Morgan fingerprint density at radius 3 is 2.63 bits per heavy atom. The lowest BCUT2D eigenvalue weighted by Crippen LogP contribution is -2.22. The van der Waals surface area contributed by atoms with Gasteiger partial charge in [-0.2, -0.15) is 18.4 Å². The highest BCUT2D eigenvalue weighted by molar-refractivity contribution is 5.76. The second kappa shape index (κ2) is 4.76. The number of rotatable bonds is 1. The van der Waals surface area contributed by atoms with Crippen LogP contribution in [0.15, 0.2) is 36.6 Å². The van der Waals surface area contributed by atoms with Crippen LogP contribution in [0.2, 0.25) is 0 Å². The van der Waals surface area contributed by atoms with E-state index in [2.05, 4.69) is 5.32 Å². The molecule has 1 aromatic carbocycles. The van der Waals surface area contributed by atoms with Crippen molar-refractivity contribution in [3.05, 3.63) is 53.5 Å². The summed E-state index contributed by atoms with van der Waals surface area (Å²) in [6.07, 6.45) is -0.331. The van der Waals surface area contributed by atoms with Gasteiger partial charge < -0.3 is 5.32 Å². The Kier molecular flexibility index (Phi) is 3.30. The van der Waals surface area contributed by atoms with Crippen molar-refractivity contribution < 1.29 is 17.6 Å². The zero-order valence-corrected chi connectivity index (χ0v) is 9.50. The average Bonchev–Trinajstić information content (AvgIpc) is 2.38. The second-order valence-corrected chi connectivity index (χ2v) is 3.92. The molecule has 0 saturated carbocycles. The largest absolute Gasteiger partial charge is 0.416 e. The highest BCUT2D eigenvalue weighted by Crippen LogP contribution is 2.32. The normalized spacial score (nSPS) is 18.5. The van der Waals surface area contributed by atoms with Crippen LogP contribution in [0, 0.1) is 17.1 Å². The van der Waals surface area contributed by atoms with Gasteiger partial charge in [0.25, 0.3) is 0 Å². The molecule has 1 aromatic rings. The minimum Gasteiger partial charge on any atom is -0.373 e. The molecule has 0 spiro atoms. The van der Waals surface area contributed by atoms with Crippen LogP contribution in [0.1, 0.15) is 11.1 Å². The molecule has 0 saturated heterocycles. The van der Waals surface area contributed by atoms with Crippen LogP contribution in [0.5, 0.6) is 0 Å². The number of hydrogen-bond acceptors (Lipinski definition) is 2. The Hall–Kier alpha value is -2.29. The van der Waals surface area contributed by atoms with Crippen LogP contribution < -0.4 is 5.32 Å². The summed E-state index contributed by atoms with van der Waals surface area (Å²) in [5, 5.41) is 11.4. The molecular formula is C13H8F4N2. The first-order valence-corrected chi connectivity index (χ1v) is 5.33. The Morgan fingerprint density at radius 1 is 1.26 bits per heavy atom. The standard InChI is InChI=1S/C13H8F4N2/c14-12-2-1-9(13(15,16)17)6-11(12)8-3-4-19-10(5-8)7-18/h1-6,10,19H. The number of alkyl halides is 3. The van der Waals surface area contributed by atoms with Gasteiger partial charge >= 0.3 is 6.18 Å². The molecule has 1 N–H and O–H groups in total. The molecule has 0 bridgehead atoms. The maximum Gasteiger partial charge on any atom is 0.416 e. The first kappa shape index (κ1) is 13.1. The molecule has 1 aliphatic rings. The number of hydrogen-bond donors (Lipinski definition) is 1.